The van der Waals surface area contributed by atoms with Gasteiger partial charge in [0.2, 0.25) is 5.91 Å². The van der Waals surface area contributed by atoms with Gasteiger partial charge in [-0.3, -0.25) is 14.4 Å². The highest BCUT2D eigenvalue weighted by Crippen LogP contribution is 2.34. The fourth-order valence-corrected chi connectivity index (χ4v) is 5.20. The Morgan fingerprint density at radius 2 is 2.07 bits per heavy atom. The molecule has 5 nitrogen and oxygen atoms in total. The van der Waals surface area contributed by atoms with Crippen LogP contribution in [0, 0.1) is 20.8 Å². The summed E-state index contributed by atoms with van der Waals surface area (Å²) in [6, 6.07) is 9.85. The summed E-state index contributed by atoms with van der Waals surface area (Å²) in [5.41, 5.74) is 3.86. The van der Waals surface area contributed by atoms with E-state index >= 15 is 0 Å². The first kappa shape index (κ1) is 20.1. The van der Waals surface area contributed by atoms with Gasteiger partial charge in [0.05, 0.1) is 28.9 Å². The summed E-state index contributed by atoms with van der Waals surface area (Å²) >= 11 is 9.39. The second-order valence-corrected chi connectivity index (χ2v) is 9.42. The number of hydrogen-bond acceptors (Lipinski definition) is 5. The van der Waals surface area contributed by atoms with Crippen molar-refractivity contribution in [1.29, 1.82) is 0 Å². The first-order valence-electron chi connectivity index (χ1n) is 9.32. The molecule has 0 N–H and O–H groups in total. The van der Waals surface area contributed by atoms with E-state index in [2.05, 4.69) is 5.10 Å². The summed E-state index contributed by atoms with van der Waals surface area (Å²) < 4.78 is 2.97. The Morgan fingerprint density at radius 1 is 1.24 bits per heavy atom. The van der Waals surface area contributed by atoms with Crippen molar-refractivity contribution < 1.29 is 4.79 Å². The lowest BCUT2D eigenvalue weighted by atomic mass is 10.2. The first-order chi connectivity index (χ1) is 13.9. The number of hydrogen-bond donors (Lipinski definition) is 0. The van der Waals surface area contributed by atoms with Crippen LogP contribution in [0.3, 0.4) is 0 Å². The molecule has 29 heavy (non-hydrogen) atoms. The summed E-state index contributed by atoms with van der Waals surface area (Å²) in [5.74, 6) is 0.0387. The monoisotopic (exact) mass is 444 g/mol. The fourth-order valence-electron chi connectivity index (χ4n) is 3.28. The van der Waals surface area contributed by atoms with E-state index < -0.39 is 0 Å². The number of rotatable bonds is 6. The molecule has 0 aliphatic carbocycles. The Bertz CT molecular complexity index is 1160. The number of carbonyl (C=O) groups is 1. The molecule has 0 saturated heterocycles. The van der Waals surface area contributed by atoms with Crippen molar-refractivity contribution in [2.24, 2.45) is 0 Å². The average Bonchev–Trinajstić information content (AvgIpc) is 3.40. The molecule has 4 aromatic rings. The molecular weight excluding hydrogens is 424 g/mol. The van der Waals surface area contributed by atoms with Gasteiger partial charge in [0.25, 0.3) is 0 Å². The van der Waals surface area contributed by atoms with Gasteiger partial charge in [-0.1, -0.05) is 29.0 Å². The molecule has 3 heterocycles. The predicted molar refractivity (Wildman–Crippen MR) is 121 cm³/mol. The molecule has 0 spiro atoms. The maximum atomic E-state index is 13.2. The van der Waals surface area contributed by atoms with Gasteiger partial charge in [-0.15, -0.1) is 11.3 Å². The van der Waals surface area contributed by atoms with E-state index in [9.17, 15) is 4.79 Å². The van der Waals surface area contributed by atoms with Crippen LogP contribution in [0.1, 0.15) is 21.8 Å². The topological polar surface area (TPSA) is 51.0 Å². The van der Waals surface area contributed by atoms with Gasteiger partial charge in [0.15, 0.2) is 5.13 Å². The van der Waals surface area contributed by atoms with E-state index in [1.165, 1.54) is 11.3 Å². The van der Waals surface area contributed by atoms with Crippen LogP contribution in [-0.4, -0.2) is 27.2 Å². The summed E-state index contributed by atoms with van der Waals surface area (Å²) in [6.07, 6.45) is 0.366. The molecule has 0 radical (unpaired) electrons. The van der Waals surface area contributed by atoms with Crippen LogP contribution >= 0.6 is 34.3 Å². The van der Waals surface area contributed by atoms with Gasteiger partial charge in [-0.25, -0.2) is 4.98 Å². The normalized spacial score (nSPS) is 11.3. The number of aryl methyl sites for hydroxylation is 3. The molecule has 8 heteroatoms. The third kappa shape index (κ3) is 4.22. The van der Waals surface area contributed by atoms with Crippen LogP contribution < -0.4 is 4.90 Å². The van der Waals surface area contributed by atoms with Gasteiger partial charge >= 0.3 is 0 Å². The Hall–Kier alpha value is -2.22. The molecule has 0 atom stereocenters. The van der Waals surface area contributed by atoms with Crippen molar-refractivity contribution in [3.05, 3.63) is 62.6 Å². The quantitative estimate of drug-likeness (QED) is 0.399. The van der Waals surface area contributed by atoms with Gasteiger partial charge in [0, 0.05) is 22.1 Å². The van der Waals surface area contributed by atoms with Crippen LogP contribution in [0.2, 0.25) is 5.02 Å². The Labute approximate surface area is 182 Å². The van der Waals surface area contributed by atoms with E-state index in [0.29, 0.717) is 29.7 Å². The number of carbonyl (C=O) groups excluding carboxylic acids is 1. The van der Waals surface area contributed by atoms with Gasteiger partial charge in [-0.2, -0.15) is 5.10 Å². The lowest BCUT2D eigenvalue weighted by molar-refractivity contribution is -0.118. The molecule has 0 aliphatic rings. The molecule has 0 fully saturated rings. The van der Waals surface area contributed by atoms with Gasteiger partial charge < -0.3 is 0 Å². The molecule has 1 aromatic carbocycles. The zero-order valence-electron chi connectivity index (χ0n) is 16.5. The molecule has 1 amide bonds. The minimum atomic E-state index is 0.0387. The van der Waals surface area contributed by atoms with E-state index in [1.54, 1.807) is 16.2 Å². The van der Waals surface area contributed by atoms with Crippen molar-refractivity contribution in [2.45, 2.75) is 33.7 Å². The van der Waals surface area contributed by atoms with Gasteiger partial charge in [0.1, 0.15) is 0 Å². The zero-order valence-corrected chi connectivity index (χ0v) is 18.9. The Balaban J connectivity index is 1.66. The molecule has 0 unspecified atom stereocenters. The van der Waals surface area contributed by atoms with E-state index in [0.717, 1.165) is 32.0 Å². The Kier molecular flexibility index (Phi) is 5.72. The highest BCUT2D eigenvalue weighted by Gasteiger charge is 2.21. The Morgan fingerprint density at radius 3 is 2.76 bits per heavy atom. The first-order valence-corrected chi connectivity index (χ1v) is 11.4. The van der Waals surface area contributed by atoms with Crippen LogP contribution in [0.4, 0.5) is 5.13 Å². The summed E-state index contributed by atoms with van der Waals surface area (Å²) in [6.45, 7) is 7.09. The molecule has 0 saturated carbocycles. The molecule has 0 aliphatic heterocycles. The average molecular weight is 445 g/mol. The zero-order chi connectivity index (χ0) is 20.5. The molecule has 4 rings (SSSR count). The number of benzene rings is 1. The summed E-state index contributed by atoms with van der Waals surface area (Å²) in [7, 11) is 0. The predicted octanol–water partition coefficient (Wildman–Crippen LogP) is 5.41. The van der Waals surface area contributed by atoms with Gasteiger partial charge in [-0.05, 0) is 56.0 Å². The number of halogens is 1. The highest BCUT2D eigenvalue weighted by atomic mass is 35.5. The molecular formula is C21H21ClN4OS2. The number of amides is 1. The molecule has 150 valence electrons. The molecule has 3 aromatic heterocycles. The summed E-state index contributed by atoms with van der Waals surface area (Å²) in [5, 5.41) is 7.91. The minimum Gasteiger partial charge on any atom is -0.286 e. The summed E-state index contributed by atoms with van der Waals surface area (Å²) in [4.78, 5) is 20.8. The maximum absolute atomic E-state index is 13.2. The smallest absolute Gasteiger partial charge is 0.234 e. The van der Waals surface area contributed by atoms with E-state index in [-0.39, 0.29) is 5.91 Å². The third-order valence-electron chi connectivity index (χ3n) is 4.81. The van der Waals surface area contributed by atoms with Crippen molar-refractivity contribution in [1.82, 2.24) is 14.8 Å². The second kappa shape index (κ2) is 8.26. The van der Waals surface area contributed by atoms with Crippen molar-refractivity contribution in [3.63, 3.8) is 0 Å². The van der Waals surface area contributed by atoms with Crippen molar-refractivity contribution in [2.75, 3.05) is 11.4 Å². The van der Waals surface area contributed by atoms with Crippen LogP contribution in [0.15, 0.2) is 35.7 Å². The van der Waals surface area contributed by atoms with Crippen LogP contribution in [-0.2, 0) is 17.8 Å². The highest BCUT2D eigenvalue weighted by molar-refractivity contribution is 7.22. The number of thiophene rings is 1. The number of fused-ring (bicyclic) bond motifs is 1. The largest absolute Gasteiger partial charge is 0.286 e. The SMILES string of the molecule is Cc1cc(C)n(CCN(C(=O)Cc2cccs2)c2nc3c(C)c(Cl)ccc3s2)n1. The standard InChI is InChI=1S/C21H21ClN4OS2/c1-13-11-14(2)26(24-13)9-8-25(19(27)12-16-5-4-10-28-16)21-23-20-15(3)17(22)6-7-18(20)29-21/h4-7,10-11H,8-9,12H2,1-3H3. The fraction of sp³-hybridized carbons (Fsp3) is 0.286. The van der Waals surface area contributed by atoms with Crippen molar-refractivity contribution >= 4 is 55.5 Å². The maximum Gasteiger partial charge on any atom is 0.234 e. The number of thiazole rings is 1. The molecule has 0 bridgehead atoms. The van der Waals surface area contributed by atoms with E-state index in [4.69, 9.17) is 16.6 Å². The number of nitrogens with zero attached hydrogens (tertiary/aromatic N) is 4. The third-order valence-corrected chi connectivity index (χ3v) is 7.14. The lowest BCUT2D eigenvalue weighted by Crippen LogP contribution is -2.35. The van der Waals surface area contributed by atoms with Crippen LogP contribution in [0.25, 0.3) is 10.2 Å². The minimum absolute atomic E-state index is 0.0387. The number of anilines is 1. The van der Waals surface area contributed by atoms with Crippen LogP contribution in [0.5, 0.6) is 0 Å². The van der Waals surface area contributed by atoms with E-state index in [1.807, 2.05) is 61.2 Å². The number of aromatic nitrogens is 3. The van der Waals surface area contributed by atoms with Crippen molar-refractivity contribution in [3.8, 4) is 0 Å². The lowest BCUT2D eigenvalue weighted by Gasteiger charge is -2.20. The second-order valence-electron chi connectivity index (χ2n) is 6.97.